The molecule has 2 saturated heterocycles. The molecular weight excluding hydrogens is 450 g/mol. The average molecular weight is 484 g/mol. The number of benzene rings is 2. The van der Waals surface area contributed by atoms with Crippen LogP contribution in [0.3, 0.4) is 0 Å². The minimum Gasteiger partial charge on any atom is -0.497 e. The molecule has 0 bridgehead atoms. The summed E-state index contributed by atoms with van der Waals surface area (Å²) in [5.41, 5.74) is 1.23. The van der Waals surface area contributed by atoms with Gasteiger partial charge in [-0.2, -0.15) is 0 Å². The number of nitrogens with zero attached hydrogens (tertiary/aromatic N) is 3. The van der Waals surface area contributed by atoms with Gasteiger partial charge in [0.25, 0.3) is 11.8 Å². The summed E-state index contributed by atoms with van der Waals surface area (Å²) in [5.74, 6) is 1.85. The number of ether oxygens (including phenoxy) is 4. The normalized spacial score (nSPS) is 18.8. The van der Waals surface area contributed by atoms with Gasteiger partial charge in [-0.15, -0.1) is 0 Å². The van der Waals surface area contributed by atoms with E-state index in [1.807, 2.05) is 9.80 Å². The van der Waals surface area contributed by atoms with E-state index in [9.17, 15) is 9.59 Å². The fourth-order valence-corrected chi connectivity index (χ4v) is 4.50. The molecule has 0 aromatic heterocycles. The van der Waals surface area contributed by atoms with Crippen molar-refractivity contribution in [1.82, 2.24) is 14.7 Å². The summed E-state index contributed by atoms with van der Waals surface area (Å²) in [6, 6.07) is 12.4. The Morgan fingerprint density at radius 3 is 2.11 bits per heavy atom. The second-order valence-electron chi connectivity index (χ2n) is 8.64. The van der Waals surface area contributed by atoms with Gasteiger partial charge in [0.1, 0.15) is 5.75 Å². The Labute approximate surface area is 206 Å². The van der Waals surface area contributed by atoms with Crippen LogP contribution < -0.4 is 14.2 Å². The van der Waals surface area contributed by atoms with Gasteiger partial charge in [-0.05, 0) is 42.5 Å². The highest BCUT2D eigenvalue weighted by Gasteiger charge is 2.29. The van der Waals surface area contributed by atoms with Crippen molar-refractivity contribution in [3.8, 4) is 17.2 Å². The number of piperazine rings is 1. The summed E-state index contributed by atoms with van der Waals surface area (Å²) < 4.78 is 21.7. The van der Waals surface area contributed by atoms with Gasteiger partial charge in [-0.25, -0.2) is 0 Å². The Bertz CT molecular complexity index is 1020. The van der Waals surface area contributed by atoms with Crippen molar-refractivity contribution in [2.24, 2.45) is 0 Å². The molecule has 0 aliphatic carbocycles. The fourth-order valence-electron chi connectivity index (χ4n) is 4.50. The first kappa shape index (κ1) is 24.8. The lowest BCUT2D eigenvalue weighted by molar-refractivity contribution is -0.0400. The number of methoxy groups -OCH3 is 3. The first-order valence-electron chi connectivity index (χ1n) is 11.8. The minimum atomic E-state index is -0.0725. The quantitative estimate of drug-likeness (QED) is 0.596. The number of hydrogen-bond donors (Lipinski definition) is 0. The maximum atomic E-state index is 13.1. The third-order valence-electron chi connectivity index (χ3n) is 6.51. The summed E-state index contributed by atoms with van der Waals surface area (Å²) in [6.07, 6.45) is -0.0725. The number of rotatable bonds is 7. The zero-order valence-corrected chi connectivity index (χ0v) is 20.6. The van der Waals surface area contributed by atoms with Crippen molar-refractivity contribution in [3.05, 3.63) is 53.6 Å². The van der Waals surface area contributed by atoms with E-state index < -0.39 is 0 Å². The Kier molecular flexibility index (Phi) is 8.09. The molecule has 188 valence electrons. The molecule has 0 radical (unpaired) electrons. The van der Waals surface area contributed by atoms with Gasteiger partial charge in [0.2, 0.25) is 0 Å². The molecule has 9 heteroatoms. The molecule has 2 amide bonds. The molecule has 35 heavy (non-hydrogen) atoms. The fraction of sp³-hybridized carbons (Fsp3) is 0.462. The van der Waals surface area contributed by atoms with Crippen molar-refractivity contribution < 1.29 is 28.5 Å². The van der Waals surface area contributed by atoms with Gasteiger partial charge in [0.05, 0.1) is 34.0 Å². The Balaban J connectivity index is 1.29. The molecule has 9 nitrogen and oxygen atoms in total. The van der Waals surface area contributed by atoms with Crippen LogP contribution in [-0.4, -0.2) is 106 Å². The number of amides is 2. The predicted molar refractivity (Wildman–Crippen MR) is 131 cm³/mol. The topological polar surface area (TPSA) is 80.8 Å². The standard InChI is InChI=1S/C26H33N3O6/c1-32-21-7-4-19(5-8-21)25(30)28-12-10-27(11-13-28)17-22-18-29(14-15-35-22)26(31)20-6-9-23(33-2)24(16-20)34-3/h4-9,16,22H,10-15,17-18H2,1-3H3/t22-/m1/s1. The highest BCUT2D eigenvalue weighted by Crippen LogP contribution is 2.28. The lowest BCUT2D eigenvalue weighted by atomic mass is 10.1. The van der Waals surface area contributed by atoms with Crippen molar-refractivity contribution >= 4 is 11.8 Å². The largest absolute Gasteiger partial charge is 0.497 e. The van der Waals surface area contributed by atoms with Crippen molar-refractivity contribution in [2.45, 2.75) is 6.10 Å². The smallest absolute Gasteiger partial charge is 0.254 e. The Morgan fingerprint density at radius 2 is 1.46 bits per heavy atom. The van der Waals surface area contributed by atoms with Crippen LogP contribution in [0, 0.1) is 0 Å². The third-order valence-corrected chi connectivity index (χ3v) is 6.51. The second kappa shape index (κ2) is 11.4. The van der Waals surface area contributed by atoms with Crippen LogP contribution in [0.2, 0.25) is 0 Å². The van der Waals surface area contributed by atoms with Gasteiger partial charge in [0, 0.05) is 56.9 Å². The molecular formula is C26H33N3O6. The van der Waals surface area contributed by atoms with Crippen LogP contribution in [0.4, 0.5) is 0 Å². The molecule has 0 saturated carbocycles. The second-order valence-corrected chi connectivity index (χ2v) is 8.64. The maximum absolute atomic E-state index is 13.1. The van der Waals surface area contributed by atoms with E-state index in [1.54, 1.807) is 63.8 Å². The van der Waals surface area contributed by atoms with E-state index in [4.69, 9.17) is 18.9 Å². The predicted octanol–water partition coefficient (Wildman–Crippen LogP) is 2.01. The van der Waals surface area contributed by atoms with E-state index in [0.717, 1.165) is 25.4 Å². The monoisotopic (exact) mass is 483 g/mol. The molecule has 2 aliphatic heterocycles. The van der Waals surface area contributed by atoms with Crippen molar-refractivity contribution in [2.75, 3.05) is 73.7 Å². The molecule has 0 N–H and O–H groups in total. The molecule has 2 heterocycles. The first-order valence-corrected chi connectivity index (χ1v) is 11.8. The highest BCUT2D eigenvalue weighted by atomic mass is 16.5. The van der Waals surface area contributed by atoms with Crippen LogP contribution >= 0.6 is 0 Å². The summed E-state index contributed by atoms with van der Waals surface area (Å²) in [7, 11) is 4.74. The van der Waals surface area contributed by atoms with Gasteiger partial charge in [0.15, 0.2) is 11.5 Å². The van der Waals surface area contributed by atoms with Crippen LogP contribution in [0.25, 0.3) is 0 Å². The lowest BCUT2D eigenvalue weighted by Crippen LogP contribution is -2.54. The van der Waals surface area contributed by atoms with Crippen LogP contribution in [0.15, 0.2) is 42.5 Å². The van der Waals surface area contributed by atoms with E-state index >= 15 is 0 Å². The summed E-state index contributed by atoms with van der Waals surface area (Å²) in [6.45, 7) is 5.15. The SMILES string of the molecule is COc1ccc(C(=O)N2CCN(C[C@@H]3CN(C(=O)c4ccc(OC)c(OC)c4)CCO3)CC2)cc1. The molecule has 2 aliphatic rings. The van der Waals surface area contributed by atoms with Crippen LogP contribution in [0.5, 0.6) is 17.2 Å². The van der Waals surface area contributed by atoms with Gasteiger partial charge < -0.3 is 28.7 Å². The average Bonchev–Trinajstić information content (AvgIpc) is 2.92. The molecule has 1 atom stereocenters. The number of carbonyl (C=O) groups is 2. The van der Waals surface area contributed by atoms with E-state index in [0.29, 0.717) is 55.4 Å². The minimum absolute atomic E-state index is 0.0351. The van der Waals surface area contributed by atoms with Gasteiger partial charge in [-0.1, -0.05) is 0 Å². The Hall–Kier alpha value is -3.30. The highest BCUT2D eigenvalue weighted by molar-refractivity contribution is 5.95. The molecule has 2 aromatic rings. The first-order chi connectivity index (χ1) is 17.0. The molecule has 4 rings (SSSR count). The zero-order chi connectivity index (χ0) is 24.8. The molecule has 2 fully saturated rings. The van der Waals surface area contributed by atoms with Crippen LogP contribution in [-0.2, 0) is 4.74 Å². The van der Waals surface area contributed by atoms with Gasteiger partial charge in [-0.3, -0.25) is 14.5 Å². The van der Waals surface area contributed by atoms with E-state index in [1.165, 1.54) is 0 Å². The summed E-state index contributed by atoms with van der Waals surface area (Å²) >= 11 is 0. The molecule has 0 unspecified atom stereocenters. The van der Waals surface area contributed by atoms with Gasteiger partial charge >= 0.3 is 0 Å². The number of hydrogen-bond acceptors (Lipinski definition) is 7. The molecule has 0 spiro atoms. The van der Waals surface area contributed by atoms with Crippen molar-refractivity contribution in [3.63, 3.8) is 0 Å². The lowest BCUT2D eigenvalue weighted by Gasteiger charge is -2.39. The maximum Gasteiger partial charge on any atom is 0.254 e. The van der Waals surface area contributed by atoms with E-state index in [2.05, 4.69) is 4.90 Å². The summed E-state index contributed by atoms with van der Waals surface area (Å²) in [4.78, 5) is 31.9. The van der Waals surface area contributed by atoms with Crippen LogP contribution in [0.1, 0.15) is 20.7 Å². The van der Waals surface area contributed by atoms with Crippen molar-refractivity contribution in [1.29, 1.82) is 0 Å². The Morgan fingerprint density at radius 1 is 0.800 bits per heavy atom. The summed E-state index contributed by atoms with van der Waals surface area (Å²) in [5, 5.41) is 0. The molecule has 2 aromatic carbocycles. The zero-order valence-electron chi connectivity index (χ0n) is 20.6. The van der Waals surface area contributed by atoms with E-state index in [-0.39, 0.29) is 17.9 Å². The number of morpholine rings is 1. The third kappa shape index (κ3) is 5.86. The number of carbonyl (C=O) groups excluding carboxylic acids is 2.